The number of nitrogens with one attached hydrogen (secondary N) is 2. The second-order valence-electron chi connectivity index (χ2n) is 7.26. The molecule has 0 aliphatic heterocycles. The zero-order valence-electron chi connectivity index (χ0n) is 17.8. The smallest absolute Gasteiger partial charge is 0.243 e. The molecule has 152 valence electrons. The molecule has 2 N–H and O–H groups in total. The van der Waals surface area contributed by atoms with Gasteiger partial charge in [-0.25, -0.2) is 4.99 Å². The fourth-order valence-electron chi connectivity index (χ4n) is 2.75. The Morgan fingerprint density at radius 3 is 2.15 bits per heavy atom. The number of benzene rings is 1. The summed E-state index contributed by atoms with van der Waals surface area (Å²) in [6.07, 6.45) is 0. The van der Waals surface area contributed by atoms with Crippen molar-refractivity contribution in [2.75, 3.05) is 46.8 Å². The Kier molecular flexibility index (Phi) is 10.5. The normalized spacial score (nSPS) is 13.0. The molecule has 6 heteroatoms. The standard InChI is InChI=1S/C21H37N5O/c1-7-26(8-2)19(18-12-10-9-11-13-18)15-23-21(22-14-17(3)4)24-16-20(27)25(5)6/h9-13,17,19H,7-8,14-16H2,1-6H3,(H2,22,23,24). The van der Waals surface area contributed by atoms with Crippen molar-refractivity contribution in [2.24, 2.45) is 10.9 Å². The zero-order valence-corrected chi connectivity index (χ0v) is 17.8. The minimum Gasteiger partial charge on any atom is -0.356 e. The maximum Gasteiger partial charge on any atom is 0.243 e. The molecule has 0 fully saturated rings. The van der Waals surface area contributed by atoms with E-state index in [-0.39, 0.29) is 18.5 Å². The van der Waals surface area contributed by atoms with Crippen LogP contribution in [-0.4, -0.2) is 68.5 Å². The summed E-state index contributed by atoms with van der Waals surface area (Å²) in [6.45, 7) is 12.3. The van der Waals surface area contributed by atoms with Gasteiger partial charge in [-0.2, -0.15) is 0 Å². The number of aliphatic imine (C=N–C) groups is 1. The molecule has 27 heavy (non-hydrogen) atoms. The van der Waals surface area contributed by atoms with E-state index in [0.717, 1.165) is 26.2 Å². The van der Waals surface area contributed by atoms with E-state index in [9.17, 15) is 4.79 Å². The van der Waals surface area contributed by atoms with Crippen LogP contribution >= 0.6 is 0 Å². The second kappa shape index (κ2) is 12.3. The van der Waals surface area contributed by atoms with Crippen molar-refractivity contribution in [3.05, 3.63) is 35.9 Å². The molecule has 0 radical (unpaired) electrons. The van der Waals surface area contributed by atoms with E-state index in [1.54, 1.807) is 19.0 Å². The first kappa shape index (κ1) is 23.0. The molecule has 0 saturated heterocycles. The number of hydrogen-bond donors (Lipinski definition) is 2. The van der Waals surface area contributed by atoms with Crippen LogP contribution in [0.4, 0.5) is 0 Å². The molecule has 0 aliphatic carbocycles. The first-order valence-corrected chi connectivity index (χ1v) is 9.90. The second-order valence-corrected chi connectivity index (χ2v) is 7.26. The third kappa shape index (κ3) is 8.43. The predicted molar refractivity (Wildman–Crippen MR) is 114 cm³/mol. The van der Waals surface area contributed by atoms with Crippen LogP contribution in [-0.2, 0) is 4.79 Å². The van der Waals surface area contributed by atoms with Gasteiger partial charge in [-0.15, -0.1) is 0 Å². The van der Waals surface area contributed by atoms with Gasteiger partial charge in [-0.1, -0.05) is 58.0 Å². The fraction of sp³-hybridized carbons (Fsp3) is 0.619. The van der Waals surface area contributed by atoms with E-state index in [1.165, 1.54) is 5.56 Å². The van der Waals surface area contributed by atoms with E-state index in [2.05, 4.69) is 72.5 Å². The van der Waals surface area contributed by atoms with E-state index in [1.807, 2.05) is 6.07 Å². The van der Waals surface area contributed by atoms with Crippen molar-refractivity contribution in [3.63, 3.8) is 0 Å². The van der Waals surface area contributed by atoms with Crippen molar-refractivity contribution < 1.29 is 4.79 Å². The number of nitrogens with zero attached hydrogens (tertiary/aromatic N) is 3. The van der Waals surface area contributed by atoms with Gasteiger partial charge in [0, 0.05) is 27.2 Å². The van der Waals surface area contributed by atoms with Crippen molar-refractivity contribution in [2.45, 2.75) is 33.7 Å². The number of guanidine groups is 1. The van der Waals surface area contributed by atoms with Crippen LogP contribution in [0.2, 0.25) is 0 Å². The van der Waals surface area contributed by atoms with Crippen LogP contribution in [0.15, 0.2) is 35.3 Å². The lowest BCUT2D eigenvalue weighted by molar-refractivity contribution is -0.127. The Morgan fingerprint density at radius 2 is 1.63 bits per heavy atom. The van der Waals surface area contributed by atoms with Gasteiger partial charge in [0.05, 0.1) is 6.04 Å². The highest BCUT2D eigenvalue weighted by Gasteiger charge is 2.18. The van der Waals surface area contributed by atoms with Gasteiger partial charge in [0.25, 0.3) is 0 Å². The van der Waals surface area contributed by atoms with Gasteiger partial charge in [0.15, 0.2) is 5.96 Å². The monoisotopic (exact) mass is 375 g/mol. The molecule has 1 aromatic carbocycles. The number of amides is 1. The average molecular weight is 376 g/mol. The van der Waals surface area contributed by atoms with E-state index < -0.39 is 0 Å². The van der Waals surface area contributed by atoms with E-state index >= 15 is 0 Å². The van der Waals surface area contributed by atoms with E-state index in [4.69, 9.17) is 0 Å². The van der Waals surface area contributed by atoms with Crippen LogP contribution < -0.4 is 10.6 Å². The highest BCUT2D eigenvalue weighted by atomic mass is 16.2. The molecule has 0 aromatic heterocycles. The Labute approximate surface area is 165 Å². The molecule has 1 aromatic rings. The Morgan fingerprint density at radius 1 is 1.04 bits per heavy atom. The molecular formula is C21H37N5O. The molecule has 1 rings (SSSR count). The van der Waals surface area contributed by atoms with Crippen LogP contribution in [0.3, 0.4) is 0 Å². The summed E-state index contributed by atoms with van der Waals surface area (Å²) in [4.78, 5) is 20.4. The number of carbonyl (C=O) groups excluding carboxylic acids is 1. The first-order chi connectivity index (χ1) is 12.9. The summed E-state index contributed by atoms with van der Waals surface area (Å²) in [5.41, 5.74) is 1.28. The van der Waals surface area contributed by atoms with Gasteiger partial charge in [-0.3, -0.25) is 9.69 Å². The maximum absolute atomic E-state index is 11.9. The summed E-state index contributed by atoms with van der Waals surface area (Å²) in [5, 5.41) is 6.79. The van der Waals surface area contributed by atoms with Crippen molar-refractivity contribution in [1.82, 2.24) is 20.4 Å². The Hall–Kier alpha value is -2.08. The predicted octanol–water partition coefficient (Wildman–Crippen LogP) is 2.35. The van der Waals surface area contributed by atoms with Crippen LogP contribution in [0.25, 0.3) is 0 Å². The van der Waals surface area contributed by atoms with E-state index in [0.29, 0.717) is 11.9 Å². The minimum atomic E-state index is -0.0102. The Balaban J connectivity index is 2.89. The topological polar surface area (TPSA) is 60.0 Å². The number of likely N-dealkylation sites (N-methyl/N-ethyl adjacent to an activating group) is 2. The largest absolute Gasteiger partial charge is 0.356 e. The quantitative estimate of drug-likeness (QED) is 0.487. The van der Waals surface area contributed by atoms with Crippen LogP contribution in [0, 0.1) is 5.92 Å². The summed E-state index contributed by atoms with van der Waals surface area (Å²) < 4.78 is 0. The average Bonchev–Trinajstić information content (AvgIpc) is 2.66. The molecule has 1 unspecified atom stereocenters. The van der Waals surface area contributed by atoms with Gasteiger partial charge in [0.2, 0.25) is 5.91 Å². The third-order valence-electron chi connectivity index (χ3n) is 4.45. The zero-order chi connectivity index (χ0) is 20.2. The highest BCUT2D eigenvalue weighted by Crippen LogP contribution is 2.19. The molecular weight excluding hydrogens is 338 g/mol. The minimum absolute atomic E-state index is 0.0102. The number of hydrogen-bond acceptors (Lipinski definition) is 3. The van der Waals surface area contributed by atoms with Gasteiger partial charge in [0.1, 0.15) is 6.54 Å². The molecule has 1 atom stereocenters. The summed E-state index contributed by atoms with van der Waals surface area (Å²) in [6, 6.07) is 10.8. The first-order valence-electron chi connectivity index (χ1n) is 9.90. The maximum atomic E-state index is 11.9. The Bertz CT molecular complexity index is 567. The SMILES string of the molecule is CCN(CC)C(CNC(=NCC(=O)N(C)C)NCC(C)C)c1ccccc1. The summed E-state index contributed by atoms with van der Waals surface area (Å²) in [7, 11) is 3.50. The molecule has 6 nitrogen and oxygen atoms in total. The van der Waals surface area contributed by atoms with Gasteiger partial charge < -0.3 is 15.5 Å². The lowest BCUT2D eigenvalue weighted by Crippen LogP contribution is -2.44. The van der Waals surface area contributed by atoms with Crippen molar-refractivity contribution in [1.29, 1.82) is 0 Å². The van der Waals surface area contributed by atoms with Gasteiger partial charge in [-0.05, 0) is 24.6 Å². The molecule has 0 bridgehead atoms. The van der Waals surface area contributed by atoms with Gasteiger partial charge >= 0.3 is 0 Å². The molecule has 0 heterocycles. The third-order valence-corrected chi connectivity index (χ3v) is 4.45. The molecule has 0 aliphatic rings. The van der Waals surface area contributed by atoms with Crippen LogP contribution in [0.1, 0.15) is 39.3 Å². The number of rotatable bonds is 10. The molecule has 0 saturated carbocycles. The highest BCUT2D eigenvalue weighted by molar-refractivity contribution is 5.84. The fourth-order valence-corrected chi connectivity index (χ4v) is 2.75. The lowest BCUT2D eigenvalue weighted by Gasteiger charge is -2.31. The van der Waals surface area contributed by atoms with Crippen molar-refractivity contribution in [3.8, 4) is 0 Å². The molecule has 0 spiro atoms. The lowest BCUT2D eigenvalue weighted by atomic mass is 10.1. The summed E-state index contributed by atoms with van der Waals surface area (Å²) in [5.74, 6) is 1.17. The summed E-state index contributed by atoms with van der Waals surface area (Å²) >= 11 is 0. The van der Waals surface area contributed by atoms with Crippen LogP contribution in [0.5, 0.6) is 0 Å². The molecule has 1 amide bonds. The van der Waals surface area contributed by atoms with Crippen molar-refractivity contribution >= 4 is 11.9 Å². The number of carbonyl (C=O) groups is 1.